The molecule has 1 fully saturated rings. The molecule has 0 saturated carbocycles. The van der Waals surface area contributed by atoms with E-state index in [1.54, 1.807) is 10.4 Å². The smallest absolute Gasteiger partial charge is 0.214 e. The van der Waals surface area contributed by atoms with Crippen molar-refractivity contribution in [3.8, 4) is 6.07 Å². The molecule has 30 heavy (non-hydrogen) atoms. The number of aromatic nitrogens is 1. The van der Waals surface area contributed by atoms with Crippen molar-refractivity contribution in [2.75, 3.05) is 31.9 Å². The molecule has 1 aromatic heterocycles. The summed E-state index contributed by atoms with van der Waals surface area (Å²) in [6, 6.07) is 7.97. The van der Waals surface area contributed by atoms with Crippen molar-refractivity contribution in [3.05, 3.63) is 35.0 Å². The van der Waals surface area contributed by atoms with Crippen molar-refractivity contribution >= 4 is 27.2 Å². The van der Waals surface area contributed by atoms with Crippen LogP contribution in [-0.2, 0) is 16.6 Å². The molecule has 0 bridgehead atoms. The van der Waals surface area contributed by atoms with E-state index in [1.807, 2.05) is 30.5 Å². The van der Waals surface area contributed by atoms with Crippen LogP contribution in [0.15, 0.2) is 18.2 Å². The van der Waals surface area contributed by atoms with E-state index < -0.39 is 10.0 Å². The standard InChI is InChI=1S/C22H30N4O3S/c1-4-5-12-30(28,29)25-10-8-24(9-11-25)17(2)15-26-20(14-23)13-21-18(3)19(16-27)6-7-22(21)26/h6-7,13,16-17H,4-5,8-12,15H2,1-3H3. The van der Waals surface area contributed by atoms with E-state index in [-0.39, 0.29) is 11.8 Å². The van der Waals surface area contributed by atoms with E-state index in [0.717, 1.165) is 29.2 Å². The third-order valence-electron chi connectivity index (χ3n) is 6.13. The molecule has 0 N–H and O–H groups in total. The highest BCUT2D eigenvalue weighted by Crippen LogP contribution is 2.26. The largest absolute Gasteiger partial charge is 0.331 e. The minimum atomic E-state index is -3.17. The number of carbonyl (C=O) groups is 1. The summed E-state index contributed by atoms with van der Waals surface area (Å²) in [5.41, 5.74) is 3.04. The van der Waals surface area contributed by atoms with Gasteiger partial charge in [-0.2, -0.15) is 9.57 Å². The second-order valence-electron chi connectivity index (χ2n) is 8.04. The number of hydrogen-bond donors (Lipinski definition) is 0. The predicted octanol–water partition coefficient (Wildman–Crippen LogP) is 2.77. The van der Waals surface area contributed by atoms with Crippen LogP contribution in [0.5, 0.6) is 0 Å². The SMILES string of the molecule is CCCCS(=O)(=O)N1CCN(C(C)Cn2c(C#N)cc3c(C)c(C=O)ccc32)CC1. The molecule has 1 aromatic carbocycles. The lowest BCUT2D eigenvalue weighted by molar-refractivity contribution is 0.112. The second kappa shape index (κ2) is 9.29. The van der Waals surface area contributed by atoms with Crippen LogP contribution in [0, 0.1) is 18.3 Å². The number of aldehydes is 1. The summed E-state index contributed by atoms with van der Waals surface area (Å²) in [6.07, 6.45) is 2.41. The zero-order valence-corrected chi connectivity index (χ0v) is 18.8. The average Bonchev–Trinajstić information content (AvgIpc) is 3.11. The molecule has 3 rings (SSSR count). The summed E-state index contributed by atoms with van der Waals surface area (Å²) in [6.45, 7) is 9.03. The Labute approximate surface area is 178 Å². The molecule has 1 atom stereocenters. The summed E-state index contributed by atoms with van der Waals surface area (Å²) >= 11 is 0. The first kappa shape index (κ1) is 22.5. The van der Waals surface area contributed by atoms with Gasteiger partial charge < -0.3 is 4.57 Å². The van der Waals surface area contributed by atoms with Crippen LogP contribution in [0.4, 0.5) is 0 Å². The van der Waals surface area contributed by atoms with Gasteiger partial charge in [-0.25, -0.2) is 8.42 Å². The van der Waals surface area contributed by atoms with Crippen LogP contribution in [0.3, 0.4) is 0 Å². The molecule has 0 spiro atoms. The molecular formula is C22H30N4O3S. The maximum atomic E-state index is 12.4. The van der Waals surface area contributed by atoms with Crippen LogP contribution in [0.1, 0.15) is 48.3 Å². The Hall–Kier alpha value is -2.21. The second-order valence-corrected chi connectivity index (χ2v) is 10.1. The topological polar surface area (TPSA) is 86.4 Å². The van der Waals surface area contributed by atoms with Crippen molar-refractivity contribution in [1.29, 1.82) is 5.26 Å². The minimum absolute atomic E-state index is 0.152. The number of nitriles is 1. The highest BCUT2D eigenvalue weighted by molar-refractivity contribution is 7.89. The monoisotopic (exact) mass is 430 g/mol. The third kappa shape index (κ3) is 4.43. The zero-order valence-electron chi connectivity index (χ0n) is 18.0. The highest BCUT2D eigenvalue weighted by atomic mass is 32.2. The number of carbonyl (C=O) groups excluding carboxylic acids is 1. The Morgan fingerprint density at radius 1 is 1.23 bits per heavy atom. The quantitative estimate of drug-likeness (QED) is 0.601. The van der Waals surface area contributed by atoms with Gasteiger partial charge in [-0.1, -0.05) is 13.3 Å². The summed E-state index contributed by atoms with van der Waals surface area (Å²) in [7, 11) is -3.17. The lowest BCUT2D eigenvalue weighted by Gasteiger charge is -2.37. The first-order valence-corrected chi connectivity index (χ1v) is 12.1. The van der Waals surface area contributed by atoms with Gasteiger partial charge in [0.25, 0.3) is 0 Å². The Morgan fingerprint density at radius 3 is 2.53 bits per heavy atom. The molecule has 0 radical (unpaired) electrons. The molecule has 0 amide bonds. The van der Waals surface area contributed by atoms with Crippen molar-refractivity contribution in [1.82, 2.24) is 13.8 Å². The minimum Gasteiger partial charge on any atom is -0.331 e. The summed E-state index contributed by atoms with van der Waals surface area (Å²) in [4.78, 5) is 13.5. The normalized spacial score (nSPS) is 17.1. The van der Waals surface area contributed by atoms with Gasteiger partial charge in [0.1, 0.15) is 18.0 Å². The Balaban J connectivity index is 1.74. The molecule has 2 heterocycles. The van der Waals surface area contributed by atoms with Crippen LogP contribution in [0.25, 0.3) is 10.9 Å². The predicted molar refractivity (Wildman–Crippen MR) is 118 cm³/mol. The summed E-state index contributed by atoms with van der Waals surface area (Å²) < 4.78 is 28.5. The van der Waals surface area contributed by atoms with Gasteiger partial charge in [0.2, 0.25) is 10.0 Å². The van der Waals surface area contributed by atoms with Gasteiger partial charge in [0.05, 0.1) is 5.75 Å². The van der Waals surface area contributed by atoms with E-state index in [1.165, 1.54) is 0 Å². The molecule has 2 aromatic rings. The number of piperazine rings is 1. The lowest BCUT2D eigenvalue weighted by atomic mass is 10.1. The van der Waals surface area contributed by atoms with Gasteiger partial charge in [0.15, 0.2) is 0 Å². The van der Waals surface area contributed by atoms with Crippen LogP contribution in [-0.4, -0.2) is 66.4 Å². The average molecular weight is 431 g/mol. The number of nitrogens with zero attached hydrogens (tertiary/aromatic N) is 4. The molecule has 1 saturated heterocycles. The van der Waals surface area contributed by atoms with Crippen molar-refractivity contribution in [2.45, 2.75) is 46.2 Å². The van der Waals surface area contributed by atoms with E-state index in [4.69, 9.17) is 0 Å². The number of benzene rings is 1. The first-order chi connectivity index (χ1) is 14.3. The number of sulfonamides is 1. The van der Waals surface area contributed by atoms with Crippen molar-refractivity contribution < 1.29 is 13.2 Å². The van der Waals surface area contributed by atoms with Crippen molar-refractivity contribution in [2.24, 2.45) is 0 Å². The third-order valence-corrected chi connectivity index (χ3v) is 8.09. The number of fused-ring (bicyclic) bond motifs is 1. The van der Waals surface area contributed by atoms with Crippen molar-refractivity contribution in [3.63, 3.8) is 0 Å². The Kier molecular flexibility index (Phi) is 6.96. The van der Waals surface area contributed by atoms with Gasteiger partial charge >= 0.3 is 0 Å². The Morgan fingerprint density at radius 2 is 1.93 bits per heavy atom. The first-order valence-electron chi connectivity index (χ1n) is 10.5. The lowest BCUT2D eigenvalue weighted by Crippen LogP contribution is -2.52. The number of unbranched alkanes of at least 4 members (excludes halogenated alkanes) is 1. The highest BCUT2D eigenvalue weighted by Gasteiger charge is 2.28. The van der Waals surface area contributed by atoms with Crippen LogP contribution >= 0.6 is 0 Å². The molecule has 7 nitrogen and oxygen atoms in total. The molecule has 1 aliphatic rings. The maximum Gasteiger partial charge on any atom is 0.214 e. The van der Waals surface area contributed by atoms with Gasteiger partial charge in [0, 0.05) is 55.2 Å². The molecule has 1 aliphatic heterocycles. The zero-order chi connectivity index (χ0) is 21.9. The number of rotatable bonds is 8. The molecule has 162 valence electrons. The fourth-order valence-corrected chi connectivity index (χ4v) is 5.80. The fourth-order valence-electron chi connectivity index (χ4n) is 4.17. The number of hydrogen-bond acceptors (Lipinski definition) is 5. The van der Waals surface area contributed by atoms with E-state index >= 15 is 0 Å². The van der Waals surface area contributed by atoms with Gasteiger partial charge in [-0.3, -0.25) is 9.69 Å². The van der Waals surface area contributed by atoms with Crippen LogP contribution < -0.4 is 0 Å². The van der Waals surface area contributed by atoms with E-state index in [0.29, 0.717) is 50.4 Å². The van der Waals surface area contributed by atoms with Crippen LogP contribution in [0.2, 0.25) is 0 Å². The molecule has 8 heteroatoms. The van der Waals surface area contributed by atoms with Gasteiger partial charge in [-0.15, -0.1) is 0 Å². The fraction of sp³-hybridized carbons (Fsp3) is 0.545. The van der Waals surface area contributed by atoms with E-state index in [9.17, 15) is 18.5 Å². The molecule has 0 aliphatic carbocycles. The molecular weight excluding hydrogens is 400 g/mol. The molecule has 1 unspecified atom stereocenters. The van der Waals surface area contributed by atoms with Gasteiger partial charge in [-0.05, 0) is 44.0 Å². The number of aryl methyl sites for hydroxylation is 1. The van der Waals surface area contributed by atoms with E-state index in [2.05, 4.69) is 17.9 Å². The maximum absolute atomic E-state index is 12.4. The summed E-state index contributed by atoms with van der Waals surface area (Å²) in [5.74, 6) is 0.224. The summed E-state index contributed by atoms with van der Waals surface area (Å²) in [5, 5.41) is 10.6. The Bertz CT molecular complexity index is 1060.